The molecule has 0 aliphatic carbocycles. The number of ether oxygens (including phenoxy) is 1. The van der Waals surface area contributed by atoms with Gasteiger partial charge in [-0.3, -0.25) is 5.32 Å². The molecule has 4 nitrogen and oxygen atoms in total. The van der Waals surface area contributed by atoms with Crippen molar-refractivity contribution in [2.24, 2.45) is 0 Å². The van der Waals surface area contributed by atoms with Gasteiger partial charge in [0, 0.05) is 13.1 Å². The third kappa shape index (κ3) is 8.14. The van der Waals surface area contributed by atoms with E-state index in [4.69, 9.17) is 10.00 Å². The average molecular weight is 241 g/mol. The van der Waals surface area contributed by atoms with E-state index < -0.39 is 5.54 Å². The Hall–Kier alpha value is -0.630. The summed E-state index contributed by atoms with van der Waals surface area (Å²) in [5, 5.41) is 12.3. The zero-order valence-corrected chi connectivity index (χ0v) is 11.9. The van der Waals surface area contributed by atoms with Crippen molar-refractivity contribution in [3.8, 4) is 6.07 Å². The molecule has 0 bridgehead atoms. The summed E-state index contributed by atoms with van der Waals surface area (Å²) in [6.07, 6.45) is 1.12. The van der Waals surface area contributed by atoms with Crippen LogP contribution < -0.4 is 5.32 Å². The highest BCUT2D eigenvalue weighted by atomic mass is 16.5. The maximum atomic E-state index is 9.12. The first-order valence-electron chi connectivity index (χ1n) is 6.40. The zero-order valence-electron chi connectivity index (χ0n) is 11.9. The van der Waals surface area contributed by atoms with Crippen molar-refractivity contribution in [3.05, 3.63) is 0 Å². The van der Waals surface area contributed by atoms with E-state index in [0.717, 1.165) is 32.7 Å². The molecule has 100 valence electrons. The molecule has 0 saturated heterocycles. The predicted molar refractivity (Wildman–Crippen MR) is 70.9 cm³/mol. The van der Waals surface area contributed by atoms with Gasteiger partial charge in [-0.15, -0.1) is 0 Å². The van der Waals surface area contributed by atoms with Crippen molar-refractivity contribution in [1.82, 2.24) is 10.2 Å². The fraction of sp³-hybridized carbons (Fsp3) is 0.923. The van der Waals surface area contributed by atoms with Crippen LogP contribution in [0.25, 0.3) is 0 Å². The fourth-order valence-corrected chi connectivity index (χ4v) is 1.54. The quantitative estimate of drug-likeness (QED) is 0.666. The Balaban J connectivity index is 3.82. The summed E-state index contributed by atoms with van der Waals surface area (Å²) in [4.78, 5) is 2.20. The third-order valence-corrected chi connectivity index (χ3v) is 2.73. The molecular formula is C13H27N3O. The van der Waals surface area contributed by atoms with Crippen molar-refractivity contribution in [2.75, 3.05) is 33.3 Å². The van der Waals surface area contributed by atoms with Crippen LogP contribution in [-0.4, -0.2) is 49.8 Å². The first kappa shape index (κ1) is 16.4. The SMILES string of the molecule is CCNC(C)(C#N)CCN(C)CCOC(C)C. The summed E-state index contributed by atoms with van der Waals surface area (Å²) >= 11 is 0. The molecule has 0 rings (SSSR count). The highest BCUT2D eigenvalue weighted by Crippen LogP contribution is 2.08. The molecule has 1 N–H and O–H groups in total. The lowest BCUT2D eigenvalue weighted by molar-refractivity contribution is 0.0628. The van der Waals surface area contributed by atoms with Crippen LogP contribution in [0.4, 0.5) is 0 Å². The van der Waals surface area contributed by atoms with E-state index in [1.165, 1.54) is 0 Å². The highest BCUT2D eigenvalue weighted by molar-refractivity contribution is 5.03. The Morgan fingerprint density at radius 1 is 1.41 bits per heavy atom. The highest BCUT2D eigenvalue weighted by Gasteiger charge is 2.22. The van der Waals surface area contributed by atoms with Gasteiger partial charge in [-0.1, -0.05) is 6.92 Å². The number of hydrogen-bond acceptors (Lipinski definition) is 4. The molecule has 17 heavy (non-hydrogen) atoms. The number of likely N-dealkylation sites (N-methyl/N-ethyl adjacent to an activating group) is 1. The van der Waals surface area contributed by atoms with Crippen LogP contribution in [0.15, 0.2) is 0 Å². The molecule has 1 atom stereocenters. The molecule has 0 aromatic heterocycles. The van der Waals surface area contributed by atoms with Crippen LogP contribution in [0, 0.1) is 11.3 Å². The van der Waals surface area contributed by atoms with Crippen LogP contribution in [0.5, 0.6) is 0 Å². The van der Waals surface area contributed by atoms with E-state index in [2.05, 4.69) is 23.3 Å². The van der Waals surface area contributed by atoms with E-state index in [1.807, 2.05) is 27.7 Å². The summed E-state index contributed by atoms with van der Waals surface area (Å²) in [5.74, 6) is 0. The lowest BCUT2D eigenvalue weighted by Crippen LogP contribution is -2.43. The summed E-state index contributed by atoms with van der Waals surface area (Å²) in [6, 6.07) is 2.34. The number of nitrogens with one attached hydrogen (secondary N) is 1. The van der Waals surface area contributed by atoms with E-state index >= 15 is 0 Å². The van der Waals surface area contributed by atoms with Crippen LogP contribution in [0.1, 0.15) is 34.1 Å². The summed E-state index contributed by atoms with van der Waals surface area (Å²) in [7, 11) is 2.06. The lowest BCUT2D eigenvalue weighted by Gasteiger charge is -2.26. The second kappa shape index (κ2) is 8.46. The van der Waals surface area contributed by atoms with Crippen molar-refractivity contribution in [2.45, 2.75) is 45.8 Å². The molecule has 0 radical (unpaired) electrons. The van der Waals surface area contributed by atoms with Crippen molar-refractivity contribution in [3.63, 3.8) is 0 Å². The minimum Gasteiger partial charge on any atom is -0.377 e. The Kier molecular flexibility index (Phi) is 8.15. The molecule has 4 heteroatoms. The van der Waals surface area contributed by atoms with Crippen LogP contribution in [0.2, 0.25) is 0 Å². The Labute approximate surface area is 106 Å². The van der Waals surface area contributed by atoms with Crippen LogP contribution >= 0.6 is 0 Å². The standard InChI is InChI=1S/C13H27N3O/c1-6-15-13(4,11-14)7-8-16(5)9-10-17-12(2)3/h12,15H,6-10H2,1-5H3. The van der Waals surface area contributed by atoms with E-state index in [-0.39, 0.29) is 6.10 Å². The zero-order chi connectivity index (χ0) is 13.3. The summed E-state index contributed by atoms with van der Waals surface area (Å²) in [6.45, 7) is 11.4. The van der Waals surface area contributed by atoms with Gasteiger partial charge in [0.25, 0.3) is 0 Å². The lowest BCUT2D eigenvalue weighted by atomic mass is 10.00. The van der Waals surface area contributed by atoms with Gasteiger partial charge in [0.2, 0.25) is 0 Å². The van der Waals surface area contributed by atoms with Crippen LogP contribution in [-0.2, 0) is 4.74 Å². The van der Waals surface area contributed by atoms with Crippen molar-refractivity contribution < 1.29 is 4.74 Å². The molecule has 0 aromatic carbocycles. The van der Waals surface area contributed by atoms with E-state index in [9.17, 15) is 0 Å². The fourth-order valence-electron chi connectivity index (χ4n) is 1.54. The van der Waals surface area contributed by atoms with Gasteiger partial charge in [0.1, 0.15) is 5.54 Å². The number of rotatable bonds is 9. The normalized spacial score (nSPS) is 14.9. The second-order valence-electron chi connectivity index (χ2n) is 4.95. The summed E-state index contributed by atoms with van der Waals surface area (Å²) < 4.78 is 5.50. The molecule has 0 aliphatic rings. The molecule has 0 amide bonds. The molecule has 0 spiro atoms. The smallest absolute Gasteiger partial charge is 0.105 e. The van der Waals surface area contributed by atoms with Crippen molar-refractivity contribution in [1.29, 1.82) is 5.26 Å². The largest absolute Gasteiger partial charge is 0.377 e. The molecule has 0 fully saturated rings. The van der Waals surface area contributed by atoms with E-state index in [1.54, 1.807) is 0 Å². The topological polar surface area (TPSA) is 48.3 Å². The molecule has 0 heterocycles. The van der Waals surface area contributed by atoms with Gasteiger partial charge >= 0.3 is 0 Å². The molecular weight excluding hydrogens is 214 g/mol. The first-order chi connectivity index (χ1) is 7.93. The summed E-state index contributed by atoms with van der Waals surface area (Å²) in [5.41, 5.74) is -0.415. The van der Waals surface area contributed by atoms with Gasteiger partial charge in [-0.25, -0.2) is 0 Å². The van der Waals surface area contributed by atoms with Gasteiger partial charge in [-0.2, -0.15) is 5.26 Å². The Morgan fingerprint density at radius 3 is 2.53 bits per heavy atom. The average Bonchev–Trinajstić information content (AvgIpc) is 2.26. The predicted octanol–water partition coefficient (Wildman–Crippen LogP) is 1.63. The van der Waals surface area contributed by atoms with Gasteiger partial charge in [0.15, 0.2) is 0 Å². The maximum absolute atomic E-state index is 9.12. The third-order valence-electron chi connectivity index (χ3n) is 2.73. The monoisotopic (exact) mass is 241 g/mol. The molecule has 0 aromatic rings. The molecule has 1 unspecified atom stereocenters. The molecule has 0 aliphatic heterocycles. The number of nitrogens with zero attached hydrogens (tertiary/aromatic N) is 2. The van der Waals surface area contributed by atoms with Crippen LogP contribution in [0.3, 0.4) is 0 Å². The Morgan fingerprint density at radius 2 is 2.06 bits per heavy atom. The van der Waals surface area contributed by atoms with Crippen molar-refractivity contribution >= 4 is 0 Å². The first-order valence-corrected chi connectivity index (χ1v) is 6.40. The van der Waals surface area contributed by atoms with Gasteiger partial charge < -0.3 is 9.64 Å². The van der Waals surface area contributed by atoms with Gasteiger partial charge in [0.05, 0.1) is 18.8 Å². The van der Waals surface area contributed by atoms with E-state index in [0.29, 0.717) is 0 Å². The maximum Gasteiger partial charge on any atom is 0.105 e. The number of nitriles is 1. The molecule has 0 saturated carbocycles. The minimum atomic E-state index is -0.415. The van der Waals surface area contributed by atoms with Gasteiger partial charge in [-0.05, 0) is 40.8 Å². The second-order valence-corrected chi connectivity index (χ2v) is 4.95. The Bertz CT molecular complexity index is 237. The number of hydrogen-bond donors (Lipinski definition) is 1. The minimum absolute atomic E-state index is 0.287.